The zero-order chi connectivity index (χ0) is 19.0. The van der Waals surface area contributed by atoms with Gasteiger partial charge in [0.1, 0.15) is 11.3 Å². The summed E-state index contributed by atoms with van der Waals surface area (Å²) < 4.78 is 5.91. The third-order valence-corrected chi connectivity index (χ3v) is 4.92. The molecule has 0 bridgehead atoms. The summed E-state index contributed by atoms with van der Waals surface area (Å²) in [5.41, 5.74) is 0.471. The van der Waals surface area contributed by atoms with Gasteiger partial charge in [0.05, 0.1) is 17.2 Å². The fourth-order valence-electron chi connectivity index (χ4n) is 3.33. The highest BCUT2D eigenvalue weighted by Gasteiger charge is 2.39. The number of fused-ring (bicyclic) bond motifs is 1. The number of rotatable bonds is 4. The number of carbonyl (C=O) groups excluding carboxylic acids is 3. The second kappa shape index (κ2) is 7.04. The molecule has 4 rings (SSSR count). The average molecular weight is 386 g/mol. The number of ether oxygens (including phenoxy) is 1. The molecule has 1 fully saturated rings. The van der Waals surface area contributed by atoms with Crippen LogP contribution < -0.4 is 4.74 Å². The quantitative estimate of drug-likeness (QED) is 0.743. The van der Waals surface area contributed by atoms with E-state index < -0.39 is 17.8 Å². The molecule has 1 saturated carbocycles. The minimum absolute atomic E-state index is 0.0250. The lowest BCUT2D eigenvalue weighted by Gasteiger charge is -2.18. The number of halogens is 1. The Morgan fingerprint density at radius 1 is 1.00 bits per heavy atom. The molecule has 0 radical (unpaired) electrons. The van der Waals surface area contributed by atoms with Gasteiger partial charge in [0, 0.05) is 5.02 Å². The fourth-order valence-corrected chi connectivity index (χ4v) is 3.50. The summed E-state index contributed by atoms with van der Waals surface area (Å²) in [4.78, 5) is 42.6. The summed E-state index contributed by atoms with van der Waals surface area (Å²) in [6.07, 6.45) is 4.00. The molecule has 138 valence electrons. The van der Waals surface area contributed by atoms with Crippen molar-refractivity contribution in [2.45, 2.75) is 31.8 Å². The Hall–Kier alpha value is -2.86. The highest BCUT2D eigenvalue weighted by atomic mass is 35.5. The first-order valence-electron chi connectivity index (χ1n) is 8.71. The maximum atomic E-state index is 12.7. The van der Waals surface area contributed by atoms with Gasteiger partial charge < -0.3 is 9.57 Å². The van der Waals surface area contributed by atoms with Crippen LogP contribution in [-0.4, -0.2) is 29.0 Å². The number of nitrogens with zero attached hydrogens (tertiary/aromatic N) is 1. The summed E-state index contributed by atoms with van der Waals surface area (Å²) in [7, 11) is 0. The minimum Gasteiger partial charge on any atom is -0.490 e. The van der Waals surface area contributed by atoms with Crippen molar-refractivity contribution >= 4 is 29.4 Å². The van der Waals surface area contributed by atoms with Gasteiger partial charge >= 0.3 is 5.97 Å². The van der Waals surface area contributed by atoms with Gasteiger partial charge in [-0.2, -0.15) is 0 Å². The van der Waals surface area contributed by atoms with E-state index in [-0.39, 0.29) is 22.8 Å². The van der Waals surface area contributed by atoms with E-state index in [4.69, 9.17) is 21.2 Å². The smallest absolute Gasteiger partial charge is 0.367 e. The summed E-state index contributed by atoms with van der Waals surface area (Å²) in [5.74, 6) is -1.90. The van der Waals surface area contributed by atoms with Gasteiger partial charge in [0.15, 0.2) is 0 Å². The highest BCUT2D eigenvalue weighted by molar-refractivity contribution is 6.31. The van der Waals surface area contributed by atoms with E-state index in [2.05, 4.69) is 0 Å². The van der Waals surface area contributed by atoms with E-state index in [0.717, 1.165) is 25.7 Å². The molecule has 27 heavy (non-hydrogen) atoms. The van der Waals surface area contributed by atoms with Crippen molar-refractivity contribution in [1.82, 2.24) is 5.06 Å². The molecule has 1 aliphatic carbocycles. The van der Waals surface area contributed by atoms with Crippen LogP contribution in [0.25, 0.3) is 0 Å². The van der Waals surface area contributed by atoms with Crippen LogP contribution in [0.1, 0.15) is 56.8 Å². The Kier molecular flexibility index (Phi) is 4.58. The lowest BCUT2D eigenvalue weighted by molar-refractivity contribution is -0.0587. The zero-order valence-electron chi connectivity index (χ0n) is 14.3. The number of hydroxylamine groups is 2. The van der Waals surface area contributed by atoms with Gasteiger partial charge in [0.2, 0.25) is 0 Å². The Morgan fingerprint density at radius 2 is 1.63 bits per heavy atom. The van der Waals surface area contributed by atoms with Crippen molar-refractivity contribution in [2.24, 2.45) is 0 Å². The van der Waals surface area contributed by atoms with Gasteiger partial charge in [-0.15, -0.1) is 0 Å². The van der Waals surface area contributed by atoms with Gasteiger partial charge in [-0.25, -0.2) is 4.79 Å². The van der Waals surface area contributed by atoms with Crippen LogP contribution in [0.4, 0.5) is 0 Å². The molecule has 2 aromatic rings. The van der Waals surface area contributed by atoms with Crippen molar-refractivity contribution in [3.05, 3.63) is 64.2 Å². The highest BCUT2D eigenvalue weighted by Crippen LogP contribution is 2.30. The number of imide groups is 1. The first-order valence-corrected chi connectivity index (χ1v) is 9.08. The van der Waals surface area contributed by atoms with E-state index in [1.807, 2.05) is 0 Å². The Bertz CT molecular complexity index is 901. The monoisotopic (exact) mass is 385 g/mol. The summed E-state index contributed by atoms with van der Waals surface area (Å²) in [6, 6.07) is 10.9. The largest absolute Gasteiger partial charge is 0.490 e. The lowest BCUT2D eigenvalue weighted by atomic mass is 10.1. The number of amides is 2. The second-order valence-corrected chi connectivity index (χ2v) is 6.93. The molecular formula is C20H16ClNO5. The molecule has 6 nitrogen and oxygen atoms in total. The van der Waals surface area contributed by atoms with Gasteiger partial charge in [-0.05, 0) is 56.0 Å². The third-order valence-electron chi connectivity index (χ3n) is 4.69. The molecule has 1 heterocycles. The SMILES string of the molecule is O=C(ON1C(=O)c2ccccc2C1=O)c1cc(Cl)ccc1OC1CCCC1. The molecule has 0 unspecified atom stereocenters. The minimum atomic E-state index is -0.875. The molecule has 0 atom stereocenters. The lowest BCUT2D eigenvalue weighted by Crippen LogP contribution is -2.33. The fraction of sp³-hybridized carbons (Fsp3) is 0.250. The molecule has 0 saturated heterocycles. The number of hydrogen-bond acceptors (Lipinski definition) is 5. The van der Waals surface area contributed by atoms with Crippen molar-refractivity contribution in [3.63, 3.8) is 0 Å². The Morgan fingerprint density at radius 3 is 2.26 bits per heavy atom. The van der Waals surface area contributed by atoms with Crippen molar-refractivity contribution < 1.29 is 24.0 Å². The average Bonchev–Trinajstić information content (AvgIpc) is 3.26. The van der Waals surface area contributed by atoms with Gasteiger partial charge in [-0.1, -0.05) is 28.8 Å². The van der Waals surface area contributed by atoms with Crippen LogP contribution in [0.3, 0.4) is 0 Å². The molecule has 2 aliphatic rings. The second-order valence-electron chi connectivity index (χ2n) is 6.49. The Labute approximate surface area is 160 Å². The van der Waals surface area contributed by atoms with Crippen LogP contribution in [0.2, 0.25) is 5.02 Å². The first kappa shape index (κ1) is 17.5. The maximum Gasteiger partial charge on any atom is 0.367 e. The van der Waals surface area contributed by atoms with Crippen LogP contribution in [0, 0.1) is 0 Å². The van der Waals surface area contributed by atoms with Crippen LogP contribution >= 0.6 is 11.6 Å². The van der Waals surface area contributed by atoms with Crippen LogP contribution in [0.5, 0.6) is 5.75 Å². The Balaban J connectivity index is 1.57. The molecule has 2 aromatic carbocycles. The molecule has 7 heteroatoms. The van der Waals surface area contributed by atoms with Gasteiger partial charge in [-0.3, -0.25) is 9.59 Å². The molecule has 1 aliphatic heterocycles. The zero-order valence-corrected chi connectivity index (χ0v) is 15.1. The predicted octanol–water partition coefficient (Wildman–Crippen LogP) is 4.03. The van der Waals surface area contributed by atoms with Crippen molar-refractivity contribution in [2.75, 3.05) is 0 Å². The molecular weight excluding hydrogens is 370 g/mol. The summed E-state index contributed by atoms with van der Waals surface area (Å²) in [5, 5.41) is 0.802. The van der Waals surface area contributed by atoms with E-state index in [9.17, 15) is 14.4 Å². The summed E-state index contributed by atoms with van der Waals surface area (Å²) >= 11 is 6.01. The van der Waals surface area contributed by atoms with E-state index in [1.54, 1.807) is 24.3 Å². The van der Waals surface area contributed by atoms with Crippen LogP contribution in [0.15, 0.2) is 42.5 Å². The normalized spacial score (nSPS) is 16.6. The number of hydrogen-bond donors (Lipinski definition) is 0. The maximum absolute atomic E-state index is 12.7. The van der Waals surface area contributed by atoms with Crippen molar-refractivity contribution in [1.29, 1.82) is 0 Å². The number of carbonyl (C=O) groups is 3. The van der Waals surface area contributed by atoms with E-state index in [0.29, 0.717) is 15.8 Å². The first-order chi connectivity index (χ1) is 13.0. The van der Waals surface area contributed by atoms with Crippen LogP contribution in [-0.2, 0) is 4.84 Å². The van der Waals surface area contributed by atoms with Crippen molar-refractivity contribution in [3.8, 4) is 5.75 Å². The summed E-state index contributed by atoms with van der Waals surface area (Å²) in [6.45, 7) is 0. The predicted molar refractivity (Wildman–Crippen MR) is 96.7 cm³/mol. The topological polar surface area (TPSA) is 72.9 Å². The van der Waals surface area contributed by atoms with E-state index in [1.165, 1.54) is 18.2 Å². The standard InChI is InChI=1S/C20H16ClNO5/c21-12-9-10-17(26-13-5-1-2-6-13)16(11-12)20(25)27-22-18(23)14-7-3-4-8-15(14)19(22)24/h3-4,7-11,13H,1-2,5-6H2. The molecule has 2 amide bonds. The molecule has 0 N–H and O–H groups in total. The molecule has 0 aromatic heterocycles. The number of benzene rings is 2. The molecule has 0 spiro atoms. The van der Waals surface area contributed by atoms with E-state index >= 15 is 0 Å². The third kappa shape index (κ3) is 3.28. The van der Waals surface area contributed by atoms with Gasteiger partial charge in [0.25, 0.3) is 11.8 Å².